The van der Waals surface area contributed by atoms with Gasteiger partial charge in [-0.05, 0) is 59.2 Å². The molecular weight excluding hydrogens is 429 g/mol. The molecule has 0 bridgehead atoms. The Balaban J connectivity index is 1.59. The lowest BCUT2D eigenvalue weighted by Gasteiger charge is -2.20. The van der Waals surface area contributed by atoms with E-state index in [-0.39, 0.29) is 5.56 Å². The van der Waals surface area contributed by atoms with Crippen LogP contribution in [0.2, 0.25) is 0 Å². The van der Waals surface area contributed by atoms with Gasteiger partial charge in [0.15, 0.2) is 11.5 Å². The zero-order valence-electron chi connectivity index (χ0n) is 13.4. The molecule has 5 heteroatoms. The van der Waals surface area contributed by atoms with E-state index in [9.17, 15) is 4.79 Å². The number of hydrogen-bond donors (Lipinski definition) is 0. The summed E-state index contributed by atoms with van der Waals surface area (Å²) in [7, 11) is 0. The lowest BCUT2D eigenvalue weighted by molar-refractivity contribution is 0.213. The van der Waals surface area contributed by atoms with E-state index in [0.717, 1.165) is 27.4 Å². The molecular formula is C20H16INO3. The average Bonchev–Trinajstić information content (AvgIpc) is 2.66. The van der Waals surface area contributed by atoms with Crippen molar-refractivity contribution in [2.45, 2.75) is 19.4 Å². The summed E-state index contributed by atoms with van der Waals surface area (Å²) in [4.78, 5) is 12.7. The molecule has 0 spiro atoms. The van der Waals surface area contributed by atoms with Gasteiger partial charge in [0.25, 0.3) is 5.56 Å². The van der Waals surface area contributed by atoms with Crippen molar-refractivity contribution in [1.82, 2.24) is 4.57 Å². The highest BCUT2D eigenvalue weighted by Crippen LogP contribution is 2.26. The SMILES string of the molecule is O=c1c2cccc(I)c2ccn1CC1=COC=C(C2=CC=CCC2)O1. The van der Waals surface area contributed by atoms with Crippen LogP contribution in [0.25, 0.3) is 10.8 Å². The van der Waals surface area contributed by atoms with Crippen LogP contribution in [-0.2, 0) is 16.0 Å². The zero-order valence-corrected chi connectivity index (χ0v) is 15.6. The largest absolute Gasteiger partial charge is 0.465 e. The Hall–Kier alpha value is -2.28. The molecule has 0 unspecified atom stereocenters. The van der Waals surface area contributed by atoms with Crippen molar-refractivity contribution in [3.63, 3.8) is 0 Å². The second-order valence-electron chi connectivity index (χ2n) is 5.91. The molecule has 0 fully saturated rings. The number of rotatable bonds is 3. The number of ether oxygens (including phenoxy) is 2. The third-order valence-corrected chi connectivity index (χ3v) is 5.18. The number of benzene rings is 1. The molecule has 4 rings (SSSR count). The predicted molar refractivity (Wildman–Crippen MR) is 106 cm³/mol. The minimum absolute atomic E-state index is 0.0311. The Labute approximate surface area is 158 Å². The van der Waals surface area contributed by atoms with Gasteiger partial charge in [-0.15, -0.1) is 0 Å². The number of aromatic nitrogens is 1. The van der Waals surface area contributed by atoms with Crippen molar-refractivity contribution in [2.75, 3.05) is 0 Å². The summed E-state index contributed by atoms with van der Waals surface area (Å²) in [6, 6.07) is 7.72. The Morgan fingerprint density at radius 2 is 2.08 bits per heavy atom. The third kappa shape index (κ3) is 3.28. The number of pyridine rings is 1. The van der Waals surface area contributed by atoms with Crippen LogP contribution in [0, 0.1) is 3.57 Å². The number of hydrogen-bond acceptors (Lipinski definition) is 3. The van der Waals surface area contributed by atoms with Crippen LogP contribution in [0.15, 0.2) is 83.1 Å². The molecule has 0 N–H and O–H groups in total. The summed E-state index contributed by atoms with van der Waals surface area (Å²) in [5.41, 5.74) is 1.07. The fourth-order valence-electron chi connectivity index (χ4n) is 2.95. The first kappa shape index (κ1) is 16.2. The Morgan fingerprint density at radius 3 is 2.92 bits per heavy atom. The molecule has 0 amide bonds. The lowest BCUT2D eigenvalue weighted by Crippen LogP contribution is -2.22. The minimum Gasteiger partial charge on any atom is -0.465 e. The second-order valence-corrected chi connectivity index (χ2v) is 7.08. The van der Waals surface area contributed by atoms with Crippen LogP contribution in [0.3, 0.4) is 0 Å². The molecule has 2 heterocycles. The first-order valence-electron chi connectivity index (χ1n) is 8.08. The van der Waals surface area contributed by atoms with Gasteiger partial charge < -0.3 is 14.0 Å². The van der Waals surface area contributed by atoms with E-state index in [4.69, 9.17) is 9.47 Å². The Morgan fingerprint density at radius 1 is 1.16 bits per heavy atom. The van der Waals surface area contributed by atoms with Gasteiger partial charge in [-0.1, -0.05) is 24.3 Å². The molecule has 0 atom stereocenters. The molecule has 0 saturated carbocycles. The normalized spacial score (nSPS) is 16.6. The quantitative estimate of drug-likeness (QED) is 0.648. The maximum atomic E-state index is 12.7. The van der Waals surface area contributed by atoms with Gasteiger partial charge in [0.2, 0.25) is 0 Å². The van der Waals surface area contributed by atoms with E-state index in [1.54, 1.807) is 23.3 Å². The second kappa shape index (κ2) is 6.92. The van der Waals surface area contributed by atoms with Gasteiger partial charge in [-0.3, -0.25) is 4.79 Å². The molecule has 126 valence electrons. The first-order chi connectivity index (χ1) is 12.2. The van der Waals surface area contributed by atoms with Gasteiger partial charge in [-0.25, -0.2) is 0 Å². The molecule has 2 aromatic rings. The molecule has 4 nitrogen and oxygen atoms in total. The molecule has 1 aliphatic heterocycles. The molecule has 0 radical (unpaired) electrons. The summed E-state index contributed by atoms with van der Waals surface area (Å²) in [5, 5.41) is 1.68. The van der Waals surface area contributed by atoms with Crippen LogP contribution in [-0.4, -0.2) is 4.57 Å². The van der Waals surface area contributed by atoms with E-state index in [1.807, 2.05) is 36.4 Å². The topological polar surface area (TPSA) is 40.5 Å². The maximum absolute atomic E-state index is 12.7. The number of halogens is 1. The lowest BCUT2D eigenvalue weighted by atomic mass is 10.0. The van der Waals surface area contributed by atoms with Crippen molar-refractivity contribution in [1.29, 1.82) is 0 Å². The van der Waals surface area contributed by atoms with Crippen molar-refractivity contribution in [3.8, 4) is 0 Å². The van der Waals surface area contributed by atoms with E-state index < -0.39 is 0 Å². The van der Waals surface area contributed by atoms with E-state index in [2.05, 4.69) is 28.7 Å². The Kier molecular flexibility index (Phi) is 4.48. The maximum Gasteiger partial charge on any atom is 0.258 e. The predicted octanol–water partition coefficient (Wildman–Crippen LogP) is 4.61. The summed E-state index contributed by atoms with van der Waals surface area (Å²) in [6.07, 6.45) is 13.1. The van der Waals surface area contributed by atoms with E-state index in [0.29, 0.717) is 23.4 Å². The van der Waals surface area contributed by atoms with Gasteiger partial charge >= 0.3 is 0 Å². The molecule has 25 heavy (non-hydrogen) atoms. The van der Waals surface area contributed by atoms with Crippen LogP contribution in [0.5, 0.6) is 0 Å². The highest BCUT2D eigenvalue weighted by atomic mass is 127. The molecule has 1 aromatic carbocycles. The summed E-state index contributed by atoms with van der Waals surface area (Å²) < 4.78 is 14.1. The monoisotopic (exact) mass is 445 g/mol. The molecule has 1 aromatic heterocycles. The highest BCUT2D eigenvalue weighted by Gasteiger charge is 2.16. The van der Waals surface area contributed by atoms with Crippen molar-refractivity contribution >= 4 is 33.4 Å². The van der Waals surface area contributed by atoms with Crippen LogP contribution < -0.4 is 5.56 Å². The fraction of sp³-hybridized carbons (Fsp3) is 0.150. The van der Waals surface area contributed by atoms with Gasteiger partial charge in [0, 0.05) is 20.5 Å². The van der Waals surface area contributed by atoms with Crippen molar-refractivity contribution in [3.05, 3.63) is 92.2 Å². The van der Waals surface area contributed by atoms with E-state index >= 15 is 0 Å². The number of fused-ring (bicyclic) bond motifs is 1. The first-order valence-corrected chi connectivity index (χ1v) is 9.16. The molecule has 1 aliphatic carbocycles. The Bertz CT molecular complexity index is 1010. The smallest absolute Gasteiger partial charge is 0.258 e. The standard InChI is InChI=1S/C20H16INO3/c21-18-8-4-7-17-16(18)9-10-22(20(17)23)11-15-12-24-13-19(25-15)14-5-2-1-3-6-14/h1-2,4-5,7-10,12-13H,3,6,11H2. The fourth-order valence-corrected chi connectivity index (χ4v) is 3.63. The number of allylic oxidation sites excluding steroid dienone is 5. The van der Waals surface area contributed by atoms with Crippen LogP contribution in [0.4, 0.5) is 0 Å². The van der Waals surface area contributed by atoms with E-state index in [1.165, 1.54) is 0 Å². The van der Waals surface area contributed by atoms with Gasteiger partial charge in [0.05, 0.1) is 6.54 Å². The molecule has 2 aliphatic rings. The van der Waals surface area contributed by atoms with Gasteiger partial charge in [-0.2, -0.15) is 0 Å². The summed E-state index contributed by atoms with van der Waals surface area (Å²) in [6.45, 7) is 0.334. The third-order valence-electron chi connectivity index (χ3n) is 4.24. The average molecular weight is 445 g/mol. The zero-order chi connectivity index (χ0) is 17.2. The summed E-state index contributed by atoms with van der Waals surface area (Å²) >= 11 is 2.25. The summed E-state index contributed by atoms with van der Waals surface area (Å²) in [5.74, 6) is 1.32. The van der Waals surface area contributed by atoms with Gasteiger partial charge in [0.1, 0.15) is 12.5 Å². The minimum atomic E-state index is -0.0311. The molecule has 0 saturated heterocycles. The van der Waals surface area contributed by atoms with Crippen LogP contribution >= 0.6 is 22.6 Å². The van der Waals surface area contributed by atoms with Crippen molar-refractivity contribution in [2.24, 2.45) is 0 Å². The number of nitrogens with zero attached hydrogens (tertiary/aromatic N) is 1. The van der Waals surface area contributed by atoms with Crippen LogP contribution in [0.1, 0.15) is 12.8 Å². The van der Waals surface area contributed by atoms with Crippen molar-refractivity contribution < 1.29 is 9.47 Å². The highest BCUT2D eigenvalue weighted by molar-refractivity contribution is 14.1.